The lowest BCUT2D eigenvalue weighted by Crippen LogP contribution is -2.47. The second-order valence-electron chi connectivity index (χ2n) is 6.14. The molecule has 2 aromatic heterocycles. The summed E-state index contributed by atoms with van der Waals surface area (Å²) in [7, 11) is -1.72. The van der Waals surface area contributed by atoms with Gasteiger partial charge in [-0.25, -0.2) is 28.0 Å². The number of amides is 1. The van der Waals surface area contributed by atoms with Crippen LogP contribution in [0.25, 0.3) is 0 Å². The SMILES string of the molecule is CN1C(N)=N[C@](C)(c2nc(NC(=O)c3cnc(C(F)F)cn3)cs2)CS1(O)O. The van der Waals surface area contributed by atoms with Gasteiger partial charge in [0, 0.05) is 12.4 Å². The number of anilines is 1. The Bertz CT molecular complexity index is 922. The van der Waals surface area contributed by atoms with Gasteiger partial charge in [-0.15, -0.1) is 22.1 Å². The molecule has 3 heterocycles. The predicted octanol–water partition coefficient (Wildman–Crippen LogP) is 2.26. The van der Waals surface area contributed by atoms with E-state index in [0.717, 1.165) is 28.0 Å². The molecule has 0 saturated carbocycles. The molecule has 152 valence electrons. The number of halogens is 2. The minimum Gasteiger partial charge on any atom is -0.369 e. The van der Waals surface area contributed by atoms with Crippen molar-refractivity contribution in [1.29, 1.82) is 0 Å². The molecule has 0 fully saturated rings. The Morgan fingerprint density at radius 3 is 2.71 bits per heavy atom. The highest BCUT2D eigenvalue weighted by molar-refractivity contribution is 8.22. The monoisotopic (exact) mass is 433 g/mol. The highest BCUT2D eigenvalue weighted by atomic mass is 32.3. The van der Waals surface area contributed by atoms with Crippen LogP contribution in [-0.4, -0.2) is 53.0 Å². The third-order valence-corrected chi connectivity index (χ3v) is 7.04. The summed E-state index contributed by atoms with van der Waals surface area (Å²) in [6.07, 6.45) is -1.00. The summed E-state index contributed by atoms with van der Waals surface area (Å²) < 4.78 is 46.5. The van der Waals surface area contributed by atoms with Crippen LogP contribution in [0.2, 0.25) is 0 Å². The third kappa shape index (κ3) is 3.89. The molecule has 1 aliphatic heterocycles. The number of nitrogens with zero attached hydrogens (tertiary/aromatic N) is 5. The number of carbonyl (C=O) groups is 1. The zero-order valence-corrected chi connectivity index (χ0v) is 16.3. The van der Waals surface area contributed by atoms with E-state index in [1.165, 1.54) is 12.4 Å². The molecule has 0 spiro atoms. The van der Waals surface area contributed by atoms with Gasteiger partial charge < -0.3 is 11.1 Å². The van der Waals surface area contributed by atoms with Gasteiger partial charge in [0.15, 0.2) is 0 Å². The summed E-state index contributed by atoms with van der Waals surface area (Å²) in [5, 5.41) is 4.44. The first kappa shape index (κ1) is 20.3. The number of hydrogen-bond acceptors (Lipinski definition) is 10. The molecule has 10 nitrogen and oxygen atoms in total. The first-order chi connectivity index (χ1) is 13.0. The Balaban J connectivity index is 1.78. The number of rotatable bonds is 4. The van der Waals surface area contributed by atoms with Crippen LogP contribution in [0.1, 0.15) is 34.5 Å². The van der Waals surface area contributed by atoms with E-state index >= 15 is 0 Å². The maximum atomic E-state index is 12.5. The van der Waals surface area contributed by atoms with Crippen molar-refractivity contribution in [2.75, 3.05) is 18.1 Å². The molecule has 1 atom stereocenters. The first-order valence-electron chi connectivity index (χ1n) is 7.74. The van der Waals surface area contributed by atoms with Crippen LogP contribution in [0.4, 0.5) is 14.6 Å². The summed E-state index contributed by atoms with van der Waals surface area (Å²) in [5.41, 5.74) is 4.02. The number of guanidine groups is 1. The van der Waals surface area contributed by atoms with Crippen molar-refractivity contribution in [3.05, 3.63) is 34.2 Å². The van der Waals surface area contributed by atoms with Crippen LogP contribution in [0.5, 0.6) is 0 Å². The summed E-state index contributed by atoms with van der Waals surface area (Å²) in [5.74, 6) is -0.649. The van der Waals surface area contributed by atoms with E-state index in [0.29, 0.717) is 5.01 Å². The highest BCUT2D eigenvalue weighted by Crippen LogP contribution is 2.51. The minimum absolute atomic E-state index is 0.0380. The van der Waals surface area contributed by atoms with Crippen LogP contribution in [0.15, 0.2) is 22.8 Å². The molecule has 2 aromatic rings. The second-order valence-corrected chi connectivity index (χ2v) is 9.10. The van der Waals surface area contributed by atoms with Gasteiger partial charge in [-0.05, 0) is 6.92 Å². The predicted molar refractivity (Wildman–Crippen MR) is 102 cm³/mol. The lowest BCUT2D eigenvalue weighted by Gasteiger charge is -2.48. The molecule has 1 aliphatic rings. The van der Waals surface area contributed by atoms with Crippen molar-refractivity contribution in [2.45, 2.75) is 18.9 Å². The van der Waals surface area contributed by atoms with Gasteiger partial charge in [0.25, 0.3) is 12.3 Å². The maximum Gasteiger partial charge on any atom is 0.281 e. The minimum atomic E-state index is -3.16. The van der Waals surface area contributed by atoms with Gasteiger partial charge in [-0.3, -0.25) is 18.9 Å². The molecule has 0 aromatic carbocycles. The van der Waals surface area contributed by atoms with E-state index in [4.69, 9.17) is 5.73 Å². The van der Waals surface area contributed by atoms with Crippen molar-refractivity contribution < 1.29 is 22.7 Å². The smallest absolute Gasteiger partial charge is 0.281 e. The molecule has 3 rings (SSSR count). The normalized spacial score (nSPS) is 22.7. The number of aromatic nitrogens is 3. The van der Waals surface area contributed by atoms with E-state index in [2.05, 4.69) is 25.3 Å². The van der Waals surface area contributed by atoms with Crippen molar-refractivity contribution in [3.8, 4) is 0 Å². The second kappa shape index (κ2) is 7.20. The van der Waals surface area contributed by atoms with Crippen LogP contribution >= 0.6 is 22.1 Å². The van der Waals surface area contributed by atoms with Crippen LogP contribution in [-0.2, 0) is 5.54 Å². The van der Waals surface area contributed by atoms with Crippen LogP contribution in [0, 0.1) is 0 Å². The fourth-order valence-electron chi connectivity index (χ4n) is 2.42. The van der Waals surface area contributed by atoms with Gasteiger partial charge in [-0.2, -0.15) is 0 Å². The number of alkyl halides is 2. The van der Waals surface area contributed by atoms with Crippen molar-refractivity contribution >= 4 is 39.8 Å². The standard InChI is InChI=1S/C14H17F2N7O3S2/c1-14(6-28(25,26)23(2)13(17)22-14)12-21-9(5-27-12)20-11(24)8-4-18-7(3-19-8)10(15)16/h3-5,10,25-26H,6H2,1-2H3,(H2,17,22)(H,20,24)/t14-/m0/s1. The molecule has 1 amide bonds. The molecule has 0 saturated heterocycles. The average Bonchev–Trinajstić information content (AvgIpc) is 3.09. The molecule has 0 bridgehead atoms. The molecular weight excluding hydrogens is 416 g/mol. The topological polar surface area (TPSA) is 150 Å². The summed E-state index contributed by atoms with van der Waals surface area (Å²) in [4.78, 5) is 27.9. The number of aliphatic imine (C=N–C) groups is 1. The molecule has 14 heteroatoms. The molecule has 28 heavy (non-hydrogen) atoms. The van der Waals surface area contributed by atoms with Gasteiger partial charge in [0.2, 0.25) is 5.96 Å². The number of hydrogen-bond donors (Lipinski definition) is 4. The number of thiazole rings is 1. The Hall–Kier alpha value is -2.42. The molecule has 0 aliphatic carbocycles. The molecular formula is C14H17F2N7O3S2. The average molecular weight is 433 g/mol. The van der Waals surface area contributed by atoms with Crippen molar-refractivity contribution in [2.24, 2.45) is 10.7 Å². The summed E-state index contributed by atoms with van der Waals surface area (Å²) >= 11 is 1.15. The molecule has 0 unspecified atom stereocenters. The fraction of sp³-hybridized carbons (Fsp3) is 0.357. The quantitative estimate of drug-likeness (QED) is 0.573. The Labute approximate surface area is 164 Å². The van der Waals surface area contributed by atoms with Gasteiger partial charge in [-0.1, -0.05) is 0 Å². The molecule has 0 radical (unpaired) electrons. The summed E-state index contributed by atoms with van der Waals surface area (Å²) in [6, 6.07) is 0. The van der Waals surface area contributed by atoms with Crippen LogP contribution in [0.3, 0.4) is 0 Å². The Morgan fingerprint density at radius 2 is 2.14 bits per heavy atom. The Morgan fingerprint density at radius 1 is 1.43 bits per heavy atom. The molecule has 5 N–H and O–H groups in total. The van der Waals surface area contributed by atoms with Crippen molar-refractivity contribution in [1.82, 2.24) is 19.3 Å². The fourth-order valence-corrected chi connectivity index (χ4v) is 4.85. The Kier molecular flexibility index (Phi) is 5.22. The lowest BCUT2D eigenvalue weighted by atomic mass is 10.1. The van der Waals surface area contributed by atoms with Crippen LogP contribution < -0.4 is 11.1 Å². The number of nitrogens with one attached hydrogen (secondary N) is 1. The van der Waals surface area contributed by atoms with Gasteiger partial charge in [0.1, 0.15) is 27.8 Å². The maximum absolute atomic E-state index is 12.5. The number of carbonyl (C=O) groups excluding carboxylic acids is 1. The van der Waals surface area contributed by atoms with Crippen molar-refractivity contribution in [3.63, 3.8) is 0 Å². The van der Waals surface area contributed by atoms with Gasteiger partial charge >= 0.3 is 0 Å². The zero-order chi connectivity index (χ0) is 20.7. The van der Waals surface area contributed by atoms with E-state index < -0.39 is 34.3 Å². The summed E-state index contributed by atoms with van der Waals surface area (Å²) in [6.45, 7) is 1.65. The van der Waals surface area contributed by atoms with E-state index in [9.17, 15) is 22.7 Å². The lowest BCUT2D eigenvalue weighted by molar-refractivity contribution is 0.102. The highest BCUT2D eigenvalue weighted by Gasteiger charge is 2.42. The van der Waals surface area contributed by atoms with Gasteiger partial charge in [0.05, 0.1) is 18.1 Å². The largest absolute Gasteiger partial charge is 0.369 e. The third-order valence-electron chi connectivity index (χ3n) is 3.93. The number of nitrogens with two attached hydrogens (primary N) is 1. The van der Waals surface area contributed by atoms with E-state index in [-0.39, 0.29) is 23.2 Å². The van der Waals surface area contributed by atoms with E-state index in [1.807, 2.05) is 0 Å². The van der Waals surface area contributed by atoms with E-state index in [1.54, 1.807) is 6.92 Å². The zero-order valence-electron chi connectivity index (χ0n) is 14.7. The first-order valence-corrected chi connectivity index (χ1v) is 10.3.